The van der Waals surface area contributed by atoms with Crippen molar-refractivity contribution in [3.8, 4) is 34.2 Å². The van der Waals surface area contributed by atoms with Crippen LogP contribution >= 0.6 is 21.0 Å². The topological polar surface area (TPSA) is 134 Å². The molecule has 3 fully saturated rings. The standard InChI is InChI=1S/C24H23N3O6.C21H21F3N3S.ClH.Ru/c1-3-25-18(11-15(1)22-28-5-6-29-22)20-13-17(24-32-9-10-33-24)14-21(27-20)19-12-16(2-4-26-19)23-30-7-8-31-23;1-2-3-4-5-6-16-9-10-17(28-16)8-7-15-11-12-25-18(13-15)19-14-20(27-26-19)21(22,23)24;;/h1-4,11-14,22-24H,5-10H2;7-14H,2-6H2,1H3;1H;/q;-1;;+2/p-1/b;8-7+;;. The van der Waals surface area contributed by atoms with Gasteiger partial charge >= 0.3 is 33.2 Å². The van der Waals surface area contributed by atoms with Crippen LogP contribution in [0.15, 0.2) is 85.3 Å². The SMILES string of the molecule is CCCCCCc1ccc(/C=C/c2ccnc(-c3cc(C(F)(F)F)n[n-]3)c2)s1.[Cl][Ru+].c1cc(C2OCCO2)cc(-c2cc(C3OCCO3)cc(-c3cc(C4OCCO4)ccn3)n2)n1. The molecule has 0 radical (unpaired) electrons. The Hall–Kier alpha value is -4.29. The van der Waals surface area contributed by atoms with Crippen LogP contribution in [0.1, 0.15) is 89.2 Å². The van der Waals surface area contributed by atoms with E-state index in [1.165, 1.54) is 30.6 Å². The number of halogens is 4. The van der Waals surface area contributed by atoms with Gasteiger partial charge in [0.25, 0.3) is 0 Å². The summed E-state index contributed by atoms with van der Waals surface area (Å²) in [5.41, 5.74) is 5.75. The fourth-order valence-electron chi connectivity index (χ4n) is 6.84. The first kappa shape index (κ1) is 46.7. The fourth-order valence-corrected chi connectivity index (χ4v) is 7.80. The van der Waals surface area contributed by atoms with Crippen molar-refractivity contribution in [2.24, 2.45) is 0 Å². The number of aromatic nitrogens is 6. The number of pyridine rings is 4. The molecule has 3 aliphatic heterocycles. The molecule has 3 saturated heterocycles. The van der Waals surface area contributed by atoms with Crippen molar-refractivity contribution in [1.29, 1.82) is 0 Å². The maximum Gasteiger partial charge on any atom is 0.184 e. The van der Waals surface area contributed by atoms with Gasteiger partial charge in [0.15, 0.2) is 18.9 Å². The molecular weight excluding hydrogens is 946 g/mol. The molecule has 0 aliphatic carbocycles. The van der Waals surface area contributed by atoms with E-state index in [1.807, 2.05) is 65.9 Å². The van der Waals surface area contributed by atoms with Crippen LogP contribution in [-0.2, 0) is 58.3 Å². The van der Waals surface area contributed by atoms with E-state index in [0.29, 0.717) is 68.1 Å². The maximum atomic E-state index is 12.7. The molecule has 3 aliphatic rings. The molecule has 0 atom stereocenters. The summed E-state index contributed by atoms with van der Waals surface area (Å²) in [4.78, 5) is 20.6. The molecule has 0 amide bonds. The van der Waals surface area contributed by atoms with Gasteiger partial charge in [-0.25, -0.2) is 4.98 Å². The third-order valence-corrected chi connectivity index (χ3v) is 11.0. The van der Waals surface area contributed by atoms with E-state index in [-0.39, 0.29) is 18.3 Å². The van der Waals surface area contributed by atoms with Gasteiger partial charge in [0.2, 0.25) is 0 Å². The molecule has 18 heteroatoms. The molecule has 0 aromatic carbocycles. The Balaban J connectivity index is 0.000000185. The fraction of sp³-hybridized carbons (Fsp3) is 0.356. The second-order valence-electron chi connectivity index (χ2n) is 14.4. The zero-order valence-corrected chi connectivity index (χ0v) is 37.5. The van der Waals surface area contributed by atoms with Gasteiger partial charge in [0.1, 0.15) is 5.69 Å². The summed E-state index contributed by atoms with van der Waals surface area (Å²) in [7, 11) is 4.57. The first-order valence-corrected chi connectivity index (χ1v) is 23.4. The first-order chi connectivity index (χ1) is 30.8. The average Bonchev–Trinajstić information content (AvgIpc) is 4.18. The van der Waals surface area contributed by atoms with E-state index in [1.54, 1.807) is 42.1 Å². The van der Waals surface area contributed by atoms with Gasteiger partial charge in [-0.3, -0.25) is 15.0 Å². The van der Waals surface area contributed by atoms with Crippen LogP contribution in [0.2, 0.25) is 0 Å². The molecular formula is C45H44ClF3N6O6RuS. The molecule has 332 valence electrons. The number of alkyl halides is 3. The van der Waals surface area contributed by atoms with Crippen molar-refractivity contribution >= 4 is 33.2 Å². The molecule has 0 saturated carbocycles. The van der Waals surface area contributed by atoms with E-state index >= 15 is 0 Å². The molecule has 12 nitrogen and oxygen atoms in total. The van der Waals surface area contributed by atoms with Gasteiger partial charge in [0, 0.05) is 50.7 Å². The van der Waals surface area contributed by atoms with Crippen molar-refractivity contribution in [3.05, 3.63) is 123 Å². The van der Waals surface area contributed by atoms with E-state index in [9.17, 15) is 13.2 Å². The Bertz CT molecular complexity index is 2330. The summed E-state index contributed by atoms with van der Waals surface area (Å²) in [6, 6.07) is 20.2. The molecule has 63 heavy (non-hydrogen) atoms. The zero-order valence-electron chi connectivity index (χ0n) is 34.2. The Labute approximate surface area is 381 Å². The normalized spacial score (nSPS) is 16.0. The quantitative estimate of drug-likeness (QED) is 0.0805. The van der Waals surface area contributed by atoms with Crippen molar-refractivity contribution in [2.45, 2.75) is 64.1 Å². The molecule has 0 bridgehead atoms. The second-order valence-corrected chi connectivity index (χ2v) is 15.6. The summed E-state index contributed by atoms with van der Waals surface area (Å²) in [5, 5.41) is 6.80. The largest absolute Gasteiger partial charge is 0.346 e. The van der Waals surface area contributed by atoms with Crippen molar-refractivity contribution in [2.75, 3.05) is 39.6 Å². The van der Waals surface area contributed by atoms with E-state index in [2.05, 4.69) is 53.9 Å². The van der Waals surface area contributed by atoms with Gasteiger partial charge in [-0.15, -0.1) is 11.3 Å². The smallest absolute Gasteiger partial charge is 0.184 e. The number of hydrogen-bond donors (Lipinski definition) is 0. The molecule has 0 spiro atoms. The van der Waals surface area contributed by atoms with E-state index in [4.69, 9.17) is 33.4 Å². The minimum atomic E-state index is -4.50. The summed E-state index contributed by atoms with van der Waals surface area (Å²) >= 11 is 3.59. The molecule has 0 unspecified atom stereocenters. The second kappa shape index (κ2) is 23.1. The van der Waals surface area contributed by atoms with Crippen LogP contribution < -0.4 is 5.10 Å². The van der Waals surface area contributed by atoms with E-state index in [0.717, 1.165) is 39.6 Å². The van der Waals surface area contributed by atoms with Gasteiger partial charge in [-0.1, -0.05) is 38.0 Å². The number of rotatable bonds is 13. The van der Waals surface area contributed by atoms with Crippen molar-refractivity contribution < 1.29 is 58.9 Å². The molecule has 0 N–H and O–H groups in total. The Morgan fingerprint density at radius 2 is 1.19 bits per heavy atom. The van der Waals surface area contributed by atoms with E-state index < -0.39 is 18.2 Å². The maximum absolute atomic E-state index is 12.7. The van der Waals surface area contributed by atoms with Crippen molar-refractivity contribution in [1.82, 2.24) is 30.1 Å². The number of ether oxygens (including phenoxy) is 6. The molecule has 9 rings (SSSR count). The van der Waals surface area contributed by atoms with Crippen LogP contribution in [-0.4, -0.2) is 64.7 Å². The van der Waals surface area contributed by atoms with Crippen LogP contribution in [0, 0.1) is 0 Å². The molecule has 9 heterocycles. The van der Waals surface area contributed by atoms with Crippen LogP contribution in [0.5, 0.6) is 0 Å². The Morgan fingerprint density at radius 1 is 0.651 bits per heavy atom. The molecule has 6 aromatic rings. The summed E-state index contributed by atoms with van der Waals surface area (Å²) < 4.78 is 72.2. The first-order valence-electron chi connectivity index (χ1n) is 20.4. The number of hydrogen-bond acceptors (Lipinski definition) is 12. The average molecular weight is 990 g/mol. The predicted octanol–water partition coefficient (Wildman–Crippen LogP) is 10.5. The van der Waals surface area contributed by atoms with Gasteiger partial charge in [-0.05, 0) is 91.2 Å². The van der Waals surface area contributed by atoms with Crippen LogP contribution in [0.4, 0.5) is 13.2 Å². The zero-order chi connectivity index (χ0) is 44.0. The Kier molecular flexibility index (Phi) is 17.1. The minimum absolute atomic E-state index is 0.119. The Morgan fingerprint density at radius 3 is 1.75 bits per heavy atom. The van der Waals surface area contributed by atoms with Crippen LogP contribution in [0.25, 0.3) is 46.3 Å². The monoisotopic (exact) mass is 990 g/mol. The van der Waals surface area contributed by atoms with Gasteiger partial charge < -0.3 is 38.6 Å². The number of thiophene rings is 1. The minimum Gasteiger partial charge on any atom is -0.346 e. The van der Waals surface area contributed by atoms with Gasteiger partial charge in [-0.2, -0.15) is 13.2 Å². The summed E-state index contributed by atoms with van der Waals surface area (Å²) in [6.45, 7) is 5.61. The summed E-state index contributed by atoms with van der Waals surface area (Å²) in [5.74, 6) is 0. The van der Waals surface area contributed by atoms with Gasteiger partial charge in [0.05, 0.1) is 62.4 Å². The number of aryl methyl sites for hydroxylation is 1. The predicted molar refractivity (Wildman–Crippen MR) is 227 cm³/mol. The van der Waals surface area contributed by atoms with Crippen LogP contribution in [0.3, 0.4) is 0 Å². The third kappa shape index (κ3) is 12.9. The number of unbranched alkanes of at least 4 members (excludes halogenated alkanes) is 3. The third-order valence-electron chi connectivity index (χ3n) is 9.90. The summed E-state index contributed by atoms with van der Waals surface area (Å²) in [6.07, 6.45) is 9.33. The number of nitrogens with zero attached hydrogens (tertiary/aromatic N) is 6. The molecule has 6 aromatic heterocycles. The van der Waals surface area contributed by atoms with Crippen molar-refractivity contribution in [3.63, 3.8) is 0 Å².